The summed E-state index contributed by atoms with van der Waals surface area (Å²) in [5, 5.41) is 0. The van der Waals surface area contributed by atoms with E-state index in [0.29, 0.717) is 0 Å². The minimum atomic E-state index is 0.923. The number of allylic oxidation sites excluding steroid dienone is 1. The maximum absolute atomic E-state index is 4.77. The number of rotatable bonds is 0. The molecule has 0 saturated heterocycles. The summed E-state index contributed by atoms with van der Waals surface area (Å²) in [6.45, 7) is 6.25. The lowest BCUT2D eigenvalue weighted by atomic mass is 10.1. The van der Waals surface area contributed by atoms with Crippen molar-refractivity contribution in [3.8, 4) is 0 Å². The van der Waals surface area contributed by atoms with Crippen molar-refractivity contribution in [2.24, 2.45) is 0 Å². The largest absolute Gasteiger partial charge is 0.313 e. The third-order valence-electron chi connectivity index (χ3n) is 3.82. The van der Waals surface area contributed by atoms with E-state index in [9.17, 15) is 0 Å². The number of nitrogens with zero attached hydrogens (tertiary/aromatic N) is 4. The number of aryl methyl sites for hydroxylation is 2. The summed E-state index contributed by atoms with van der Waals surface area (Å²) in [6, 6.07) is 4.22. The topological polar surface area (TPSA) is 32.3 Å². The van der Waals surface area contributed by atoms with Crippen molar-refractivity contribution >= 4 is 22.7 Å². The van der Waals surface area contributed by atoms with Crippen LogP contribution >= 0.6 is 0 Å². The second-order valence-corrected chi connectivity index (χ2v) is 5.06. The highest BCUT2D eigenvalue weighted by atomic mass is 15.4. The van der Waals surface area contributed by atoms with Gasteiger partial charge in [-0.15, -0.1) is 0 Å². The number of fused-ring (bicyclic) bond motifs is 2. The molecule has 0 unspecified atom stereocenters. The standard InChI is InChI=1S/C15H18N4/c1-6-13-18(4)14-15(19(13)5)17-12-8-10(3)9(2)7-11(12)16-14/h6-8H,1-5H3. The van der Waals surface area contributed by atoms with Crippen LogP contribution in [0.4, 0.5) is 11.6 Å². The predicted molar refractivity (Wildman–Crippen MR) is 79.6 cm³/mol. The SMILES string of the molecule is CC=C1N(C)c2nc3cc(C)c(C)cc3nc2N1C. The molecular formula is C15H18N4. The molecule has 0 spiro atoms. The molecule has 0 aliphatic carbocycles. The van der Waals surface area contributed by atoms with Gasteiger partial charge in [0, 0.05) is 14.1 Å². The average molecular weight is 254 g/mol. The van der Waals surface area contributed by atoms with Gasteiger partial charge in [0.2, 0.25) is 0 Å². The first-order valence-electron chi connectivity index (χ1n) is 6.45. The van der Waals surface area contributed by atoms with Gasteiger partial charge in [0.25, 0.3) is 0 Å². The molecule has 0 amide bonds. The lowest BCUT2D eigenvalue weighted by Gasteiger charge is -2.16. The number of benzene rings is 1. The van der Waals surface area contributed by atoms with Crippen molar-refractivity contribution in [2.45, 2.75) is 20.8 Å². The van der Waals surface area contributed by atoms with Gasteiger partial charge in [-0.2, -0.15) is 0 Å². The molecule has 98 valence electrons. The number of hydrogen-bond acceptors (Lipinski definition) is 4. The van der Waals surface area contributed by atoms with Crippen molar-refractivity contribution in [1.82, 2.24) is 9.97 Å². The van der Waals surface area contributed by atoms with Crippen LogP contribution in [0.3, 0.4) is 0 Å². The molecule has 19 heavy (non-hydrogen) atoms. The minimum Gasteiger partial charge on any atom is -0.313 e. The fourth-order valence-corrected chi connectivity index (χ4v) is 2.57. The maximum atomic E-state index is 4.77. The smallest absolute Gasteiger partial charge is 0.178 e. The summed E-state index contributed by atoms with van der Waals surface area (Å²) in [6.07, 6.45) is 2.07. The molecule has 1 aliphatic rings. The Morgan fingerprint density at radius 2 is 1.32 bits per heavy atom. The molecular weight excluding hydrogens is 236 g/mol. The zero-order valence-corrected chi connectivity index (χ0v) is 12.0. The highest BCUT2D eigenvalue weighted by Crippen LogP contribution is 2.37. The quantitative estimate of drug-likeness (QED) is 0.723. The lowest BCUT2D eigenvalue weighted by molar-refractivity contribution is 1.03. The van der Waals surface area contributed by atoms with Crippen molar-refractivity contribution in [2.75, 3.05) is 23.9 Å². The van der Waals surface area contributed by atoms with Gasteiger partial charge in [0.15, 0.2) is 11.6 Å². The first-order valence-corrected chi connectivity index (χ1v) is 6.45. The van der Waals surface area contributed by atoms with Crippen molar-refractivity contribution in [1.29, 1.82) is 0 Å². The molecule has 0 N–H and O–H groups in total. The fraction of sp³-hybridized carbons (Fsp3) is 0.333. The first kappa shape index (κ1) is 12.0. The molecule has 0 bridgehead atoms. The van der Waals surface area contributed by atoms with Crippen LogP contribution in [0.2, 0.25) is 0 Å². The van der Waals surface area contributed by atoms with E-state index in [4.69, 9.17) is 9.97 Å². The van der Waals surface area contributed by atoms with Crippen LogP contribution in [0.1, 0.15) is 18.1 Å². The fourth-order valence-electron chi connectivity index (χ4n) is 2.57. The van der Waals surface area contributed by atoms with Gasteiger partial charge in [-0.3, -0.25) is 0 Å². The third kappa shape index (κ3) is 1.59. The highest BCUT2D eigenvalue weighted by molar-refractivity contribution is 5.86. The first-order chi connectivity index (χ1) is 9.02. The van der Waals surface area contributed by atoms with E-state index in [1.54, 1.807) is 0 Å². The zero-order valence-electron chi connectivity index (χ0n) is 12.0. The van der Waals surface area contributed by atoms with Crippen LogP contribution in [-0.2, 0) is 0 Å². The molecule has 4 nitrogen and oxygen atoms in total. The van der Waals surface area contributed by atoms with Crippen LogP contribution in [0.25, 0.3) is 11.0 Å². The molecule has 1 aromatic carbocycles. The molecule has 4 heteroatoms. The summed E-state index contributed by atoms with van der Waals surface area (Å²) in [4.78, 5) is 13.7. The zero-order chi connectivity index (χ0) is 13.7. The molecule has 2 heterocycles. The van der Waals surface area contributed by atoms with E-state index >= 15 is 0 Å². The molecule has 0 atom stereocenters. The van der Waals surface area contributed by atoms with E-state index in [2.05, 4.69) is 41.9 Å². The Morgan fingerprint density at radius 3 is 1.68 bits per heavy atom. The maximum Gasteiger partial charge on any atom is 0.178 e. The van der Waals surface area contributed by atoms with Crippen molar-refractivity contribution in [3.63, 3.8) is 0 Å². The number of anilines is 2. The average Bonchev–Trinajstić information content (AvgIpc) is 2.61. The summed E-state index contributed by atoms with van der Waals surface area (Å²) in [7, 11) is 4.05. The Morgan fingerprint density at radius 1 is 0.895 bits per heavy atom. The molecule has 1 aromatic heterocycles. The molecule has 1 aliphatic heterocycles. The van der Waals surface area contributed by atoms with Gasteiger partial charge in [-0.05, 0) is 50.1 Å². The molecule has 0 fully saturated rings. The summed E-state index contributed by atoms with van der Waals surface area (Å²) < 4.78 is 0. The number of aromatic nitrogens is 2. The Bertz CT molecular complexity index is 646. The molecule has 3 rings (SSSR count). The van der Waals surface area contributed by atoms with Crippen LogP contribution in [-0.4, -0.2) is 24.1 Å². The highest BCUT2D eigenvalue weighted by Gasteiger charge is 2.28. The number of hydrogen-bond donors (Lipinski definition) is 0. The van der Waals surface area contributed by atoms with Gasteiger partial charge < -0.3 is 9.80 Å². The van der Waals surface area contributed by atoms with Crippen LogP contribution in [0.15, 0.2) is 24.0 Å². The second-order valence-electron chi connectivity index (χ2n) is 5.06. The Kier molecular flexibility index (Phi) is 2.49. The van der Waals surface area contributed by atoms with Crippen LogP contribution < -0.4 is 9.80 Å². The normalized spacial score (nSPS) is 14.3. The summed E-state index contributed by atoms with van der Waals surface area (Å²) >= 11 is 0. The van der Waals surface area contributed by atoms with Gasteiger partial charge in [0.05, 0.1) is 11.0 Å². The van der Waals surface area contributed by atoms with Gasteiger partial charge in [-0.25, -0.2) is 9.97 Å². The molecule has 2 aromatic rings. The lowest BCUT2D eigenvalue weighted by Crippen LogP contribution is -2.21. The Labute approximate surface area is 113 Å². The Hall–Kier alpha value is -2.10. The van der Waals surface area contributed by atoms with Gasteiger partial charge >= 0.3 is 0 Å². The minimum absolute atomic E-state index is 0.923. The summed E-state index contributed by atoms with van der Waals surface area (Å²) in [5.41, 5.74) is 4.42. The third-order valence-corrected chi connectivity index (χ3v) is 3.82. The predicted octanol–water partition coefficient (Wildman–Crippen LogP) is 2.99. The van der Waals surface area contributed by atoms with E-state index in [0.717, 1.165) is 28.5 Å². The monoisotopic (exact) mass is 254 g/mol. The van der Waals surface area contributed by atoms with Gasteiger partial charge in [-0.1, -0.05) is 0 Å². The molecule has 0 saturated carbocycles. The van der Waals surface area contributed by atoms with Crippen LogP contribution in [0.5, 0.6) is 0 Å². The molecule has 0 radical (unpaired) electrons. The van der Waals surface area contributed by atoms with E-state index in [-0.39, 0.29) is 0 Å². The second kappa shape index (κ2) is 3.95. The van der Waals surface area contributed by atoms with Gasteiger partial charge in [0.1, 0.15) is 5.82 Å². The van der Waals surface area contributed by atoms with Crippen molar-refractivity contribution < 1.29 is 0 Å². The van der Waals surface area contributed by atoms with Crippen molar-refractivity contribution in [3.05, 3.63) is 35.2 Å². The summed E-state index contributed by atoms with van der Waals surface area (Å²) in [5.74, 6) is 2.96. The van der Waals surface area contributed by atoms with Crippen LogP contribution in [0, 0.1) is 13.8 Å². The van der Waals surface area contributed by atoms with E-state index in [1.807, 2.05) is 21.0 Å². The Balaban J connectivity index is 2.30. The van der Waals surface area contributed by atoms with E-state index < -0.39 is 0 Å². The van der Waals surface area contributed by atoms with E-state index in [1.165, 1.54) is 11.1 Å².